The van der Waals surface area contributed by atoms with Crippen LogP contribution in [-0.4, -0.2) is 10.5 Å². The molecule has 0 saturated carbocycles. The summed E-state index contributed by atoms with van der Waals surface area (Å²) in [5, 5.41) is 2.02. The first-order valence-electron chi connectivity index (χ1n) is 8.42. The van der Waals surface area contributed by atoms with Crippen molar-refractivity contribution in [3.8, 4) is 0 Å². The van der Waals surface area contributed by atoms with Crippen LogP contribution >= 0.6 is 0 Å². The van der Waals surface area contributed by atoms with Gasteiger partial charge in [0.15, 0.2) is 0 Å². The first kappa shape index (κ1) is 15.5. The molecule has 2 N–H and O–H groups in total. The lowest BCUT2D eigenvalue weighted by Crippen LogP contribution is -2.11. The second-order valence-electron chi connectivity index (χ2n) is 6.60. The highest BCUT2D eigenvalue weighted by Crippen LogP contribution is 2.33. The molecule has 3 heteroatoms. The molecule has 4 aromatic rings. The lowest BCUT2D eigenvalue weighted by Gasteiger charge is -2.10. The number of amides is 1. The van der Waals surface area contributed by atoms with Crippen LogP contribution < -0.4 is 5.73 Å². The molecule has 1 aromatic heterocycles. The van der Waals surface area contributed by atoms with Crippen molar-refractivity contribution >= 4 is 27.7 Å². The van der Waals surface area contributed by atoms with Gasteiger partial charge in [-0.05, 0) is 48.7 Å². The molecule has 0 radical (unpaired) electrons. The third-order valence-corrected chi connectivity index (χ3v) is 4.90. The summed E-state index contributed by atoms with van der Waals surface area (Å²) in [6.07, 6.45) is 0. The van der Waals surface area contributed by atoms with Gasteiger partial charge in [0.05, 0.1) is 5.52 Å². The van der Waals surface area contributed by atoms with Crippen molar-refractivity contribution in [2.45, 2.75) is 20.4 Å². The van der Waals surface area contributed by atoms with Crippen LogP contribution in [0.4, 0.5) is 0 Å². The van der Waals surface area contributed by atoms with Gasteiger partial charge in [0.2, 0.25) is 5.91 Å². The number of hydrogen-bond donors (Lipinski definition) is 1. The van der Waals surface area contributed by atoms with Crippen LogP contribution in [0, 0.1) is 13.8 Å². The third kappa shape index (κ3) is 2.49. The highest BCUT2D eigenvalue weighted by atomic mass is 16.1. The van der Waals surface area contributed by atoms with E-state index in [2.05, 4.69) is 66.9 Å². The van der Waals surface area contributed by atoms with Crippen LogP contribution in [0.5, 0.6) is 0 Å². The summed E-state index contributed by atoms with van der Waals surface area (Å²) in [5.41, 5.74) is 12.1. The van der Waals surface area contributed by atoms with Gasteiger partial charge in [0.1, 0.15) is 0 Å². The van der Waals surface area contributed by atoms with E-state index in [9.17, 15) is 4.79 Å². The molecule has 124 valence electrons. The summed E-state index contributed by atoms with van der Waals surface area (Å²) >= 11 is 0. The number of carbonyl (C=O) groups excluding carboxylic acids is 1. The van der Waals surface area contributed by atoms with E-state index >= 15 is 0 Å². The number of aromatic nitrogens is 1. The van der Waals surface area contributed by atoms with E-state index in [1.165, 1.54) is 16.7 Å². The molecule has 0 saturated heterocycles. The molecule has 1 heterocycles. The van der Waals surface area contributed by atoms with Crippen molar-refractivity contribution in [1.82, 2.24) is 4.57 Å². The lowest BCUT2D eigenvalue weighted by molar-refractivity contribution is 0.100. The minimum atomic E-state index is -0.388. The highest BCUT2D eigenvalue weighted by molar-refractivity contribution is 6.17. The molecule has 4 rings (SSSR count). The van der Waals surface area contributed by atoms with Crippen LogP contribution in [0.25, 0.3) is 21.8 Å². The number of hydrogen-bond acceptors (Lipinski definition) is 1. The minimum absolute atomic E-state index is 0.388. The highest BCUT2D eigenvalue weighted by Gasteiger charge is 2.16. The standard InChI is InChI=1S/C22H20N2O/c1-14-10-11-17-20(12-14)24(13-16-7-4-3-6-15(16)2)19-9-5-8-18(21(17)19)22(23)25/h3-12H,13H2,1-2H3,(H2,23,25). The Morgan fingerprint density at radius 2 is 1.76 bits per heavy atom. The lowest BCUT2D eigenvalue weighted by atomic mass is 10.1. The first-order chi connectivity index (χ1) is 12.1. The maximum Gasteiger partial charge on any atom is 0.249 e. The van der Waals surface area contributed by atoms with Crippen molar-refractivity contribution in [2.75, 3.05) is 0 Å². The molecule has 0 atom stereocenters. The predicted octanol–water partition coefficient (Wildman–Crippen LogP) is 4.56. The van der Waals surface area contributed by atoms with Gasteiger partial charge < -0.3 is 10.3 Å². The van der Waals surface area contributed by atoms with E-state index < -0.39 is 0 Å². The summed E-state index contributed by atoms with van der Waals surface area (Å²) in [6.45, 7) is 4.98. The zero-order valence-corrected chi connectivity index (χ0v) is 14.4. The molecule has 0 aliphatic rings. The number of rotatable bonds is 3. The first-order valence-corrected chi connectivity index (χ1v) is 8.42. The third-order valence-electron chi connectivity index (χ3n) is 4.90. The topological polar surface area (TPSA) is 48.0 Å². The molecular weight excluding hydrogens is 308 g/mol. The Bertz CT molecular complexity index is 1120. The molecule has 0 aliphatic carbocycles. The van der Waals surface area contributed by atoms with E-state index in [4.69, 9.17) is 5.73 Å². The van der Waals surface area contributed by atoms with Gasteiger partial charge in [-0.3, -0.25) is 4.79 Å². The summed E-state index contributed by atoms with van der Waals surface area (Å²) in [7, 11) is 0. The van der Waals surface area contributed by atoms with Gasteiger partial charge in [-0.15, -0.1) is 0 Å². The van der Waals surface area contributed by atoms with Crippen molar-refractivity contribution in [2.24, 2.45) is 5.73 Å². The molecule has 3 aromatic carbocycles. The largest absolute Gasteiger partial charge is 0.366 e. The average Bonchev–Trinajstić information content (AvgIpc) is 2.90. The maximum absolute atomic E-state index is 12.0. The van der Waals surface area contributed by atoms with Crippen LogP contribution in [0.1, 0.15) is 27.0 Å². The second-order valence-corrected chi connectivity index (χ2v) is 6.60. The van der Waals surface area contributed by atoms with Crippen molar-refractivity contribution in [3.63, 3.8) is 0 Å². The van der Waals surface area contributed by atoms with Crippen molar-refractivity contribution < 1.29 is 4.79 Å². The van der Waals surface area contributed by atoms with Gasteiger partial charge in [-0.1, -0.05) is 42.5 Å². The molecule has 0 unspecified atom stereocenters. The Morgan fingerprint density at radius 3 is 2.52 bits per heavy atom. The number of fused-ring (bicyclic) bond motifs is 3. The molecule has 3 nitrogen and oxygen atoms in total. The second kappa shape index (κ2) is 5.78. The Hall–Kier alpha value is -3.07. The normalized spacial score (nSPS) is 11.3. The molecule has 25 heavy (non-hydrogen) atoms. The van der Waals surface area contributed by atoms with Crippen LogP contribution in [0.15, 0.2) is 60.7 Å². The number of nitrogens with zero attached hydrogens (tertiary/aromatic N) is 1. The van der Waals surface area contributed by atoms with E-state index in [1.807, 2.05) is 12.1 Å². The molecule has 0 spiro atoms. The smallest absolute Gasteiger partial charge is 0.249 e. The molecule has 0 bridgehead atoms. The number of nitrogens with two attached hydrogens (primary N) is 1. The van der Waals surface area contributed by atoms with Gasteiger partial charge in [-0.25, -0.2) is 0 Å². The zero-order chi connectivity index (χ0) is 17.6. The zero-order valence-electron chi connectivity index (χ0n) is 14.4. The Labute approximate surface area is 146 Å². The molecule has 0 fully saturated rings. The van der Waals surface area contributed by atoms with E-state index in [-0.39, 0.29) is 5.91 Å². The summed E-state index contributed by atoms with van der Waals surface area (Å²) in [5.74, 6) is -0.388. The van der Waals surface area contributed by atoms with Crippen molar-refractivity contribution in [1.29, 1.82) is 0 Å². The van der Waals surface area contributed by atoms with Crippen LogP contribution in [-0.2, 0) is 6.54 Å². The van der Waals surface area contributed by atoms with Gasteiger partial charge >= 0.3 is 0 Å². The van der Waals surface area contributed by atoms with E-state index in [0.29, 0.717) is 5.56 Å². The molecule has 0 aliphatic heterocycles. The quantitative estimate of drug-likeness (QED) is 0.589. The Kier molecular flexibility index (Phi) is 3.57. The predicted molar refractivity (Wildman–Crippen MR) is 103 cm³/mol. The van der Waals surface area contributed by atoms with Gasteiger partial charge in [0.25, 0.3) is 0 Å². The summed E-state index contributed by atoms with van der Waals surface area (Å²) < 4.78 is 2.28. The fourth-order valence-electron chi connectivity index (χ4n) is 3.59. The monoisotopic (exact) mass is 328 g/mol. The number of benzene rings is 3. The van der Waals surface area contributed by atoms with Gasteiger partial charge in [0, 0.05) is 28.4 Å². The Morgan fingerprint density at radius 1 is 0.960 bits per heavy atom. The maximum atomic E-state index is 12.0. The summed E-state index contributed by atoms with van der Waals surface area (Å²) in [6, 6.07) is 20.5. The SMILES string of the molecule is Cc1ccc2c3c(C(N)=O)cccc3n(Cc3ccccc3C)c2c1. The van der Waals surface area contributed by atoms with Gasteiger partial charge in [-0.2, -0.15) is 0 Å². The summed E-state index contributed by atoms with van der Waals surface area (Å²) in [4.78, 5) is 12.0. The van der Waals surface area contributed by atoms with Crippen LogP contribution in [0.3, 0.4) is 0 Å². The number of aryl methyl sites for hydroxylation is 2. The van der Waals surface area contributed by atoms with Crippen molar-refractivity contribution in [3.05, 3.63) is 82.9 Å². The number of primary amides is 1. The van der Waals surface area contributed by atoms with E-state index in [1.54, 1.807) is 0 Å². The number of carbonyl (C=O) groups is 1. The fraction of sp³-hybridized carbons (Fsp3) is 0.136. The minimum Gasteiger partial charge on any atom is -0.366 e. The average molecular weight is 328 g/mol. The fourth-order valence-corrected chi connectivity index (χ4v) is 3.59. The van der Waals surface area contributed by atoms with Crippen LogP contribution in [0.2, 0.25) is 0 Å². The molecular formula is C22H20N2O. The Balaban J connectivity index is 2.08. The van der Waals surface area contributed by atoms with E-state index in [0.717, 1.165) is 28.4 Å². The molecule has 1 amide bonds.